The molecule has 0 saturated carbocycles. The maximum absolute atomic E-state index is 12.0. The number of benzene rings is 1. The van der Waals surface area contributed by atoms with E-state index in [0.29, 0.717) is 23.1 Å². The van der Waals surface area contributed by atoms with Crippen molar-refractivity contribution in [3.63, 3.8) is 0 Å². The Morgan fingerprint density at radius 1 is 1.45 bits per heavy atom. The lowest BCUT2D eigenvalue weighted by atomic mass is 9.93. The van der Waals surface area contributed by atoms with Crippen LogP contribution in [0.1, 0.15) is 32.3 Å². The maximum Gasteiger partial charge on any atom is 0.225 e. The lowest BCUT2D eigenvalue weighted by molar-refractivity contribution is -0.116. The van der Waals surface area contributed by atoms with Crippen molar-refractivity contribution in [3.8, 4) is 6.07 Å². The van der Waals surface area contributed by atoms with Gasteiger partial charge < -0.3 is 10.2 Å². The molecule has 1 saturated heterocycles. The van der Waals surface area contributed by atoms with Crippen LogP contribution in [0, 0.1) is 16.7 Å². The van der Waals surface area contributed by atoms with E-state index in [-0.39, 0.29) is 5.91 Å². The molecule has 1 aliphatic heterocycles. The zero-order valence-electron chi connectivity index (χ0n) is 12.1. The fourth-order valence-corrected chi connectivity index (χ4v) is 2.58. The summed E-state index contributed by atoms with van der Waals surface area (Å²) < 4.78 is 0. The van der Waals surface area contributed by atoms with Crippen molar-refractivity contribution in [2.45, 2.75) is 26.7 Å². The molecular formula is C16H21N3O. The van der Waals surface area contributed by atoms with Gasteiger partial charge in [-0.15, -0.1) is 0 Å². The molecule has 0 bridgehead atoms. The van der Waals surface area contributed by atoms with Crippen LogP contribution in [0.25, 0.3) is 0 Å². The maximum atomic E-state index is 12.0. The van der Waals surface area contributed by atoms with E-state index in [4.69, 9.17) is 5.26 Å². The molecule has 106 valence electrons. The molecule has 1 aromatic rings. The molecule has 1 heterocycles. The third-order valence-corrected chi connectivity index (χ3v) is 3.73. The quantitative estimate of drug-likeness (QED) is 0.915. The number of nitrogens with one attached hydrogen (secondary N) is 1. The molecule has 0 unspecified atom stereocenters. The second-order valence-corrected chi connectivity index (χ2v) is 6.15. The Labute approximate surface area is 120 Å². The number of hydrogen-bond acceptors (Lipinski definition) is 3. The lowest BCUT2D eigenvalue weighted by Gasteiger charge is -2.19. The fraction of sp³-hybridized carbons (Fsp3) is 0.500. The third kappa shape index (κ3) is 3.82. The molecule has 0 radical (unpaired) electrons. The first-order chi connectivity index (χ1) is 9.50. The molecule has 20 heavy (non-hydrogen) atoms. The first-order valence-corrected chi connectivity index (χ1v) is 7.01. The number of nitriles is 1. The second-order valence-electron chi connectivity index (χ2n) is 6.15. The van der Waals surface area contributed by atoms with Crippen molar-refractivity contribution in [3.05, 3.63) is 29.8 Å². The highest BCUT2D eigenvalue weighted by Crippen LogP contribution is 2.28. The highest BCUT2D eigenvalue weighted by Gasteiger charge is 2.28. The van der Waals surface area contributed by atoms with Crippen molar-refractivity contribution in [1.29, 1.82) is 5.26 Å². The summed E-state index contributed by atoms with van der Waals surface area (Å²) in [6.45, 7) is 7.42. The fourth-order valence-electron chi connectivity index (χ4n) is 2.58. The van der Waals surface area contributed by atoms with Crippen LogP contribution in [0.3, 0.4) is 0 Å². The van der Waals surface area contributed by atoms with E-state index in [1.807, 2.05) is 6.07 Å². The van der Waals surface area contributed by atoms with Gasteiger partial charge in [-0.25, -0.2) is 0 Å². The molecule has 4 heteroatoms. The van der Waals surface area contributed by atoms with Gasteiger partial charge in [0.2, 0.25) is 5.91 Å². The number of para-hydroxylation sites is 1. The first-order valence-electron chi connectivity index (χ1n) is 7.01. The van der Waals surface area contributed by atoms with Crippen LogP contribution in [-0.2, 0) is 4.79 Å². The highest BCUT2D eigenvalue weighted by molar-refractivity contribution is 5.92. The van der Waals surface area contributed by atoms with E-state index in [0.717, 1.165) is 19.6 Å². The summed E-state index contributed by atoms with van der Waals surface area (Å²) in [5.41, 5.74) is 1.47. The second kappa shape index (κ2) is 6.06. The third-order valence-electron chi connectivity index (χ3n) is 3.73. The summed E-state index contributed by atoms with van der Waals surface area (Å²) in [5, 5.41) is 11.8. The van der Waals surface area contributed by atoms with Crippen LogP contribution in [0.15, 0.2) is 24.3 Å². The molecule has 4 nitrogen and oxygen atoms in total. The number of carbonyl (C=O) groups excluding carboxylic acids is 1. The molecule has 0 aromatic heterocycles. The molecule has 1 fully saturated rings. The minimum atomic E-state index is -0.0302. The van der Waals surface area contributed by atoms with E-state index in [2.05, 4.69) is 30.1 Å². The topological polar surface area (TPSA) is 56.1 Å². The Kier molecular flexibility index (Phi) is 4.41. The van der Waals surface area contributed by atoms with Gasteiger partial charge in [0.25, 0.3) is 0 Å². The Morgan fingerprint density at radius 2 is 2.20 bits per heavy atom. The zero-order valence-corrected chi connectivity index (χ0v) is 12.1. The Hall–Kier alpha value is -1.86. The van der Waals surface area contributed by atoms with Crippen LogP contribution >= 0.6 is 0 Å². The van der Waals surface area contributed by atoms with Crippen molar-refractivity contribution >= 4 is 11.6 Å². The largest absolute Gasteiger partial charge is 0.325 e. The minimum Gasteiger partial charge on any atom is -0.325 e. The molecule has 0 aliphatic carbocycles. The molecule has 2 rings (SSSR count). The van der Waals surface area contributed by atoms with Gasteiger partial charge in [0.1, 0.15) is 6.07 Å². The molecule has 1 N–H and O–H groups in total. The Balaban J connectivity index is 1.83. The van der Waals surface area contributed by atoms with Gasteiger partial charge >= 0.3 is 0 Å². The van der Waals surface area contributed by atoms with Crippen molar-refractivity contribution in [2.24, 2.45) is 5.41 Å². The van der Waals surface area contributed by atoms with Crippen LogP contribution in [0.4, 0.5) is 5.69 Å². The standard InChI is InChI=1S/C16H21N3O/c1-16(2)8-10-19(12-16)9-7-15(20)18-14-6-4-3-5-13(14)11-17/h3-6H,7-10,12H2,1-2H3,(H,18,20). The van der Waals surface area contributed by atoms with Gasteiger partial charge in [-0.05, 0) is 30.5 Å². The molecule has 0 atom stereocenters. The van der Waals surface area contributed by atoms with Crippen LogP contribution in [0.5, 0.6) is 0 Å². The van der Waals surface area contributed by atoms with E-state index >= 15 is 0 Å². The summed E-state index contributed by atoms with van der Waals surface area (Å²) >= 11 is 0. The Bertz CT molecular complexity index is 531. The average Bonchev–Trinajstić information content (AvgIpc) is 2.77. The molecule has 0 spiro atoms. The van der Waals surface area contributed by atoms with Crippen molar-refractivity contribution in [2.75, 3.05) is 25.0 Å². The predicted octanol–water partition coefficient (Wildman–Crippen LogP) is 2.62. The monoisotopic (exact) mass is 271 g/mol. The smallest absolute Gasteiger partial charge is 0.225 e. The molecule has 1 aromatic carbocycles. The summed E-state index contributed by atoms with van der Waals surface area (Å²) in [7, 11) is 0. The van der Waals surface area contributed by atoms with E-state index in [1.54, 1.807) is 18.2 Å². The van der Waals surface area contributed by atoms with E-state index in [9.17, 15) is 4.79 Å². The summed E-state index contributed by atoms with van der Waals surface area (Å²) in [6, 6.07) is 9.16. The number of carbonyl (C=O) groups is 1. The van der Waals surface area contributed by atoms with Gasteiger partial charge in [-0.3, -0.25) is 4.79 Å². The van der Waals surface area contributed by atoms with E-state index < -0.39 is 0 Å². The summed E-state index contributed by atoms with van der Waals surface area (Å²) in [6.07, 6.45) is 1.65. The first kappa shape index (κ1) is 14.5. The number of likely N-dealkylation sites (tertiary alicyclic amines) is 1. The van der Waals surface area contributed by atoms with Crippen LogP contribution in [0.2, 0.25) is 0 Å². The van der Waals surface area contributed by atoms with Crippen LogP contribution in [-0.4, -0.2) is 30.4 Å². The minimum absolute atomic E-state index is 0.0302. The van der Waals surface area contributed by atoms with Gasteiger partial charge in [-0.2, -0.15) is 5.26 Å². The van der Waals surface area contributed by atoms with Gasteiger partial charge in [0, 0.05) is 19.5 Å². The molecule has 1 amide bonds. The number of amides is 1. The normalized spacial score (nSPS) is 17.6. The zero-order chi connectivity index (χ0) is 14.6. The van der Waals surface area contributed by atoms with Crippen LogP contribution < -0.4 is 5.32 Å². The summed E-state index contributed by atoms with van der Waals surface area (Å²) in [5.74, 6) is -0.0302. The van der Waals surface area contributed by atoms with Gasteiger partial charge in [0.15, 0.2) is 0 Å². The molecular weight excluding hydrogens is 250 g/mol. The van der Waals surface area contributed by atoms with Gasteiger partial charge in [-0.1, -0.05) is 26.0 Å². The number of anilines is 1. The van der Waals surface area contributed by atoms with Crippen molar-refractivity contribution < 1.29 is 4.79 Å². The number of nitrogens with zero attached hydrogens (tertiary/aromatic N) is 2. The Morgan fingerprint density at radius 3 is 2.85 bits per heavy atom. The van der Waals surface area contributed by atoms with E-state index in [1.165, 1.54) is 6.42 Å². The lowest BCUT2D eigenvalue weighted by Crippen LogP contribution is -2.27. The number of rotatable bonds is 4. The average molecular weight is 271 g/mol. The number of hydrogen-bond donors (Lipinski definition) is 1. The highest BCUT2D eigenvalue weighted by atomic mass is 16.1. The molecule has 1 aliphatic rings. The van der Waals surface area contributed by atoms with Gasteiger partial charge in [0.05, 0.1) is 11.3 Å². The predicted molar refractivity (Wildman–Crippen MR) is 79.2 cm³/mol. The summed E-state index contributed by atoms with van der Waals surface area (Å²) in [4.78, 5) is 14.3. The van der Waals surface area contributed by atoms with Crippen molar-refractivity contribution in [1.82, 2.24) is 4.90 Å². The SMILES string of the molecule is CC1(C)CCN(CCC(=O)Nc2ccccc2C#N)C1.